The second-order valence-corrected chi connectivity index (χ2v) is 11.8. The van der Waals surface area contributed by atoms with Crippen molar-refractivity contribution in [3.05, 3.63) is 95.3 Å². The second kappa shape index (κ2) is 12.4. The summed E-state index contributed by atoms with van der Waals surface area (Å²) in [6.45, 7) is 1.76. The lowest BCUT2D eigenvalue weighted by Gasteiger charge is -2.20. The van der Waals surface area contributed by atoms with E-state index in [2.05, 4.69) is 25.1 Å². The number of aromatic nitrogens is 3. The number of carbonyl (C=O) groups excluding carboxylic acids is 2. The number of ether oxygens (including phenoxy) is 1. The minimum atomic E-state index is -4.80. The van der Waals surface area contributed by atoms with Crippen LogP contribution in [0, 0.1) is 12.7 Å². The Kier molecular flexibility index (Phi) is 8.46. The van der Waals surface area contributed by atoms with Gasteiger partial charge in [-0.2, -0.15) is 10.1 Å². The Balaban J connectivity index is 1.09. The number of amidine groups is 1. The molecule has 0 bridgehead atoms. The summed E-state index contributed by atoms with van der Waals surface area (Å²) in [6, 6.07) is 13.2. The lowest BCUT2D eigenvalue weighted by Crippen LogP contribution is -2.31. The fourth-order valence-electron chi connectivity index (χ4n) is 5.01. The van der Waals surface area contributed by atoms with E-state index in [-0.39, 0.29) is 34.5 Å². The molecule has 244 valence electrons. The first-order valence-corrected chi connectivity index (χ1v) is 15.1. The molecule has 6 rings (SSSR count). The predicted octanol–water partition coefficient (Wildman–Crippen LogP) is 7.19. The van der Waals surface area contributed by atoms with E-state index in [9.17, 15) is 35.9 Å². The molecule has 2 aliphatic rings. The van der Waals surface area contributed by atoms with Gasteiger partial charge in [0.15, 0.2) is 11.0 Å². The van der Waals surface area contributed by atoms with Gasteiger partial charge in [-0.05, 0) is 72.5 Å². The smallest absolute Gasteiger partial charge is 0.406 e. The Labute approximate surface area is 267 Å². The van der Waals surface area contributed by atoms with Crippen molar-refractivity contribution in [3.63, 3.8) is 0 Å². The SMILES string of the molecule is Cc1ccc(C2CC2(F)F)c(N2C(=O)CS/C2=N\C(=O)Nc2ccc(CCc3ncn(-c4ccc(OC(F)(F)F)cc4)n3)cc2F)c1. The summed E-state index contributed by atoms with van der Waals surface area (Å²) >= 11 is 0.977. The van der Waals surface area contributed by atoms with Crippen LogP contribution in [0.15, 0.2) is 72.0 Å². The number of hydrogen-bond acceptors (Lipinski definition) is 6. The van der Waals surface area contributed by atoms with Crippen LogP contribution in [-0.2, 0) is 17.6 Å². The monoisotopic (exact) mass is 674 g/mol. The number of benzene rings is 3. The number of alkyl halides is 5. The van der Waals surface area contributed by atoms with E-state index in [0.717, 1.165) is 34.4 Å². The molecule has 1 unspecified atom stereocenters. The van der Waals surface area contributed by atoms with Crippen molar-refractivity contribution in [1.29, 1.82) is 0 Å². The summed E-state index contributed by atoms with van der Waals surface area (Å²) in [5.41, 5.74) is 2.15. The van der Waals surface area contributed by atoms with Gasteiger partial charge in [0.1, 0.15) is 17.9 Å². The number of halogens is 6. The van der Waals surface area contributed by atoms with Crippen molar-refractivity contribution >= 4 is 40.2 Å². The van der Waals surface area contributed by atoms with Gasteiger partial charge in [-0.1, -0.05) is 30.0 Å². The summed E-state index contributed by atoms with van der Waals surface area (Å²) < 4.78 is 85.2. The Morgan fingerprint density at radius 1 is 1.11 bits per heavy atom. The zero-order valence-corrected chi connectivity index (χ0v) is 25.2. The van der Waals surface area contributed by atoms with Crippen molar-refractivity contribution in [1.82, 2.24) is 14.8 Å². The van der Waals surface area contributed by atoms with E-state index in [1.165, 1.54) is 35.3 Å². The van der Waals surface area contributed by atoms with Crippen LogP contribution in [-0.4, -0.2) is 49.9 Å². The third-order valence-electron chi connectivity index (χ3n) is 7.38. The summed E-state index contributed by atoms with van der Waals surface area (Å²) in [5.74, 6) is -5.06. The number of nitrogens with zero attached hydrogens (tertiary/aromatic N) is 5. The van der Waals surface area contributed by atoms with Gasteiger partial charge in [-0.15, -0.1) is 13.2 Å². The number of rotatable bonds is 8. The summed E-state index contributed by atoms with van der Waals surface area (Å²) in [6.07, 6.45) is -3.08. The number of urea groups is 1. The lowest BCUT2D eigenvalue weighted by molar-refractivity contribution is -0.274. The van der Waals surface area contributed by atoms with Crippen molar-refractivity contribution in [2.24, 2.45) is 4.99 Å². The Morgan fingerprint density at radius 3 is 2.53 bits per heavy atom. The molecule has 1 aliphatic heterocycles. The number of nitrogens with one attached hydrogen (secondary N) is 1. The van der Waals surface area contributed by atoms with Crippen LogP contribution < -0.4 is 15.0 Å². The summed E-state index contributed by atoms with van der Waals surface area (Å²) in [7, 11) is 0. The van der Waals surface area contributed by atoms with Crippen molar-refractivity contribution in [2.45, 2.75) is 44.4 Å². The molecule has 9 nitrogen and oxygen atoms in total. The highest BCUT2D eigenvalue weighted by Gasteiger charge is 2.58. The van der Waals surface area contributed by atoms with Crippen molar-refractivity contribution in [2.75, 3.05) is 16.0 Å². The average Bonchev–Trinajstić information content (AvgIpc) is 3.29. The summed E-state index contributed by atoms with van der Waals surface area (Å²) in [5, 5.41) is 6.66. The number of aliphatic imine (C=N–C) groups is 1. The molecule has 0 spiro atoms. The van der Waals surface area contributed by atoms with Gasteiger partial charge in [0.05, 0.1) is 28.7 Å². The third kappa shape index (κ3) is 7.42. The topological polar surface area (TPSA) is 102 Å². The van der Waals surface area contributed by atoms with E-state index in [1.54, 1.807) is 31.2 Å². The number of anilines is 2. The first-order valence-electron chi connectivity index (χ1n) is 14.1. The van der Waals surface area contributed by atoms with Gasteiger partial charge in [0.25, 0.3) is 5.92 Å². The molecule has 0 radical (unpaired) electrons. The molecule has 1 N–H and O–H groups in total. The van der Waals surface area contributed by atoms with Gasteiger partial charge in [0.2, 0.25) is 5.91 Å². The molecule has 3 amide bonds. The van der Waals surface area contributed by atoms with Crippen molar-refractivity contribution < 1.29 is 40.7 Å². The Hall–Kier alpha value is -4.86. The normalized spacial score (nSPS) is 18.1. The fraction of sp³-hybridized carbons (Fsp3) is 0.258. The van der Waals surface area contributed by atoms with Gasteiger partial charge in [0, 0.05) is 12.8 Å². The maximum atomic E-state index is 15.0. The maximum Gasteiger partial charge on any atom is 0.573 e. The molecule has 1 aromatic heterocycles. The largest absolute Gasteiger partial charge is 0.573 e. The minimum absolute atomic E-state index is 0.00198. The van der Waals surface area contributed by atoms with Crippen LogP contribution in [0.1, 0.15) is 34.9 Å². The van der Waals surface area contributed by atoms with Crippen LogP contribution in [0.4, 0.5) is 42.5 Å². The molecule has 1 atom stereocenters. The van der Waals surface area contributed by atoms with Crippen LogP contribution in [0.3, 0.4) is 0 Å². The highest BCUT2D eigenvalue weighted by atomic mass is 32.2. The fourth-order valence-corrected chi connectivity index (χ4v) is 5.87. The molecular weight excluding hydrogens is 650 g/mol. The molecule has 16 heteroatoms. The van der Waals surface area contributed by atoms with Crippen LogP contribution in [0.2, 0.25) is 0 Å². The Bertz CT molecular complexity index is 1880. The molecule has 1 aliphatic carbocycles. The molecule has 3 aromatic carbocycles. The van der Waals surface area contributed by atoms with E-state index < -0.39 is 36.0 Å². The zero-order valence-electron chi connectivity index (χ0n) is 24.4. The van der Waals surface area contributed by atoms with E-state index in [4.69, 9.17) is 0 Å². The molecule has 1 saturated heterocycles. The van der Waals surface area contributed by atoms with E-state index in [1.807, 2.05) is 0 Å². The number of aryl methyl sites for hydroxylation is 3. The average molecular weight is 675 g/mol. The molecule has 4 aromatic rings. The van der Waals surface area contributed by atoms with Gasteiger partial charge in [-0.25, -0.2) is 27.6 Å². The number of amides is 3. The quantitative estimate of drug-likeness (QED) is 0.199. The molecule has 2 heterocycles. The van der Waals surface area contributed by atoms with Crippen LogP contribution in [0.5, 0.6) is 5.75 Å². The van der Waals surface area contributed by atoms with E-state index in [0.29, 0.717) is 35.5 Å². The number of carbonyl (C=O) groups is 2. The Morgan fingerprint density at radius 2 is 1.85 bits per heavy atom. The molecule has 47 heavy (non-hydrogen) atoms. The zero-order chi connectivity index (χ0) is 33.5. The van der Waals surface area contributed by atoms with Gasteiger partial charge in [-0.3, -0.25) is 9.69 Å². The molecule has 1 saturated carbocycles. The molecular formula is C31H24F6N6O3S. The van der Waals surface area contributed by atoms with Gasteiger partial charge < -0.3 is 10.1 Å². The lowest BCUT2D eigenvalue weighted by atomic mass is 10.0. The van der Waals surface area contributed by atoms with Crippen LogP contribution >= 0.6 is 11.8 Å². The predicted molar refractivity (Wildman–Crippen MR) is 162 cm³/mol. The standard InChI is InChI=1S/C31H24F6N6O3S/c1-17-2-9-21(22-14-30(22,33)34)25(12-17)43-27(44)15-47-29(43)40-28(45)39-24-10-3-18(13-23(24)32)4-11-26-38-16-42(41-26)19-5-7-20(8-6-19)46-31(35,36)37/h2-3,5-10,12-13,16,22H,4,11,14-15H2,1H3,(H,39,45)/b40-29-. The van der Waals surface area contributed by atoms with E-state index >= 15 is 0 Å². The van der Waals surface area contributed by atoms with Crippen LogP contribution in [0.25, 0.3) is 5.69 Å². The minimum Gasteiger partial charge on any atom is -0.406 e. The van der Waals surface area contributed by atoms with Crippen molar-refractivity contribution in [3.8, 4) is 11.4 Å². The highest BCUT2D eigenvalue weighted by Crippen LogP contribution is 2.58. The molecule has 2 fully saturated rings. The first kappa shape index (κ1) is 32.1. The third-order valence-corrected chi connectivity index (χ3v) is 8.30. The summed E-state index contributed by atoms with van der Waals surface area (Å²) in [4.78, 5) is 34.9. The highest BCUT2D eigenvalue weighted by molar-refractivity contribution is 8.15. The number of hydrogen-bond donors (Lipinski definition) is 1. The first-order chi connectivity index (χ1) is 22.3. The maximum absolute atomic E-state index is 15.0. The number of thioether (sulfide) groups is 1. The van der Waals surface area contributed by atoms with Gasteiger partial charge >= 0.3 is 12.4 Å². The second-order valence-electron chi connectivity index (χ2n) is 10.9.